The summed E-state index contributed by atoms with van der Waals surface area (Å²) in [6.07, 6.45) is 0. The SMILES string of the molecule is COc1ccc2cc(C(C)C(=O)C(=O)O)ccc2c1. The Labute approximate surface area is 110 Å². The predicted octanol–water partition coefficient (Wildman–Crippen LogP) is 2.61. The number of hydrogen-bond acceptors (Lipinski definition) is 3. The minimum absolute atomic E-state index is 0.649. The Morgan fingerprint density at radius 2 is 1.74 bits per heavy atom. The molecule has 0 spiro atoms. The molecule has 98 valence electrons. The first-order valence-electron chi connectivity index (χ1n) is 5.87. The standard InChI is InChI=1S/C15H14O4/c1-9(14(16)15(17)18)10-3-4-12-8-13(19-2)6-5-11(12)7-10/h3-9H,1-2H3,(H,17,18). The fourth-order valence-corrected chi connectivity index (χ4v) is 1.98. The van der Waals surface area contributed by atoms with Crippen LogP contribution in [0.3, 0.4) is 0 Å². The van der Waals surface area contributed by atoms with Gasteiger partial charge in [-0.15, -0.1) is 0 Å². The summed E-state index contributed by atoms with van der Waals surface area (Å²) in [7, 11) is 1.60. The molecule has 2 rings (SSSR count). The van der Waals surface area contributed by atoms with Gasteiger partial charge in [0.15, 0.2) is 0 Å². The number of carbonyl (C=O) groups excluding carboxylic acids is 1. The van der Waals surface area contributed by atoms with Crippen molar-refractivity contribution in [2.45, 2.75) is 12.8 Å². The second kappa shape index (κ2) is 5.10. The second-order valence-corrected chi connectivity index (χ2v) is 4.36. The van der Waals surface area contributed by atoms with Crippen LogP contribution in [0.4, 0.5) is 0 Å². The quantitative estimate of drug-likeness (QED) is 0.856. The van der Waals surface area contributed by atoms with E-state index in [9.17, 15) is 9.59 Å². The largest absolute Gasteiger partial charge is 0.497 e. The molecule has 0 radical (unpaired) electrons. The first kappa shape index (κ1) is 13.1. The molecule has 4 nitrogen and oxygen atoms in total. The van der Waals surface area contributed by atoms with E-state index in [4.69, 9.17) is 9.84 Å². The van der Waals surface area contributed by atoms with Crippen LogP contribution >= 0.6 is 0 Å². The zero-order chi connectivity index (χ0) is 14.0. The monoisotopic (exact) mass is 258 g/mol. The van der Waals surface area contributed by atoms with Crippen molar-refractivity contribution in [1.29, 1.82) is 0 Å². The van der Waals surface area contributed by atoms with Gasteiger partial charge in [-0.25, -0.2) is 4.79 Å². The van der Waals surface area contributed by atoms with Crippen molar-refractivity contribution in [3.8, 4) is 5.75 Å². The van der Waals surface area contributed by atoms with Crippen molar-refractivity contribution in [3.05, 3.63) is 42.0 Å². The number of carboxylic acids is 1. The van der Waals surface area contributed by atoms with Gasteiger partial charge in [-0.2, -0.15) is 0 Å². The molecular weight excluding hydrogens is 244 g/mol. The van der Waals surface area contributed by atoms with E-state index in [0.717, 1.165) is 16.5 Å². The molecule has 2 aromatic rings. The molecule has 0 aromatic heterocycles. The third kappa shape index (κ3) is 2.57. The molecular formula is C15H14O4. The highest BCUT2D eigenvalue weighted by molar-refractivity contribution is 6.34. The minimum Gasteiger partial charge on any atom is -0.497 e. The van der Waals surface area contributed by atoms with Gasteiger partial charge < -0.3 is 9.84 Å². The fraction of sp³-hybridized carbons (Fsp3) is 0.200. The van der Waals surface area contributed by atoms with Gasteiger partial charge in [0, 0.05) is 0 Å². The third-order valence-corrected chi connectivity index (χ3v) is 3.18. The van der Waals surface area contributed by atoms with E-state index in [0.29, 0.717) is 5.56 Å². The van der Waals surface area contributed by atoms with Crippen molar-refractivity contribution in [3.63, 3.8) is 0 Å². The Morgan fingerprint density at radius 3 is 2.37 bits per heavy atom. The van der Waals surface area contributed by atoms with Gasteiger partial charge in [0.1, 0.15) is 5.75 Å². The highest BCUT2D eigenvalue weighted by Gasteiger charge is 2.21. The Hall–Kier alpha value is -2.36. The summed E-state index contributed by atoms with van der Waals surface area (Å²) < 4.78 is 5.14. The lowest BCUT2D eigenvalue weighted by molar-refractivity contribution is -0.149. The van der Waals surface area contributed by atoms with Crippen molar-refractivity contribution in [2.24, 2.45) is 0 Å². The first-order valence-corrected chi connectivity index (χ1v) is 5.87. The smallest absolute Gasteiger partial charge is 0.372 e. The average molecular weight is 258 g/mol. The highest BCUT2D eigenvalue weighted by Crippen LogP contribution is 2.25. The molecule has 4 heteroatoms. The van der Waals surface area contributed by atoms with Gasteiger partial charge in [0.2, 0.25) is 5.78 Å². The Balaban J connectivity index is 2.42. The fourth-order valence-electron chi connectivity index (χ4n) is 1.98. The van der Waals surface area contributed by atoms with E-state index in [1.165, 1.54) is 0 Å². The molecule has 0 amide bonds. The number of rotatable bonds is 4. The van der Waals surface area contributed by atoms with Gasteiger partial charge in [-0.3, -0.25) is 4.79 Å². The van der Waals surface area contributed by atoms with Gasteiger partial charge in [0.05, 0.1) is 13.0 Å². The van der Waals surface area contributed by atoms with Crippen LogP contribution in [0.15, 0.2) is 36.4 Å². The summed E-state index contributed by atoms with van der Waals surface area (Å²) in [5, 5.41) is 10.7. The maximum atomic E-state index is 11.5. The topological polar surface area (TPSA) is 63.6 Å². The van der Waals surface area contributed by atoms with Crippen molar-refractivity contribution >= 4 is 22.5 Å². The molecule has 0 heterocycles. The van der Waals surface area contributed by atoms with Crippen LogP contribution in [0, 0.1) is 0 Å². The molecule has 0 saturated carbocycles. The van der Waals surface area contributed by atoms with E-state index in [1.807, 2.05) is 30.3 Å². The lowest BCUT2D eigenvalue weighted by atomic mass is 9.94. The highest BCUT2D eigenvalue weighted by atomic mass is 16.5. The zero-order valence-electron chi connectivity index (χ0n) is 10.7. The van der Waals surface area contributed by atoms with Crippen molar-refractivity contribution in [1.82, 2.24) is 0 Å². The Bertz CT molecular complexity index is 646. The number of hydrogen-bond donors (Lipinski definition) is 1. The number of Topliss-reactive ketones (excluding diaryl/α,β-unsaturated/α-hetero) is 1. The maximum absolute atomic E-state index is 11.5. The molecule has 1 atom stereocenters. The second-order valence-electron chi connectivity index (χ2n) is 4.36. The molecule has 0 aliphatic carbocycles. The lowest BCUT2D eigenvalue weighted by Crippen LogP contribution is -2.19. The summed E-state index contributed by atoms with van der Waals surface area (Å²) in [6.45, 7) is 1.60. The molecule has 1 unspecified atom stereocenters. The van der Waals surface area contributed by atoms with Crippen LogP contribution in [-0.4, -0.2) is 24.0 Å². The van der Waals surface area contributed by atoms with Gasteiger partial charge >= 0.3 is 5.97 Å². The van der Waals surface area contributed by atoms with Crippen molar-refractivity contribution in [2.75, 3.05) is 7.11 Å². The zero-order valence-corrected chi connectivity index (χ0v) is 10.7. The number of fused-ring (bicyclic) bond motifs is 1. The molecule has 0 bridgehead atoms. The maximum Gasteiger partial charge on any atom is 0.372 e. The third-order valence-electron chi connectivity index (χ3n) is 3.18. The van der Waals surface area contributed by atoms with Crippen LogP contribution in [-0.2, 0) is 9.59 Å². The molecule has 0 saturated heterocycles. The minimum atomic E-state index is -1.40. The van der Waals surface area contributed by atoms with E-state index in [2.05, 4.69) is 0 Å². The van der Waals surface area contributed by atoms with E-state index < -0.39 is 17.7 Å². The van der Waals surface area contributed by atoms with Crippen LogP contribution in [0.25, 0.3) is 10.8 Å². The molecule has 19 heavy (non-hydrogen) atoms. The van der Waals surface area contributed by atoms with Crippen LogP contribution in [0.1, 0.15) is 18.4 Å². The van der Waals surface area contributed by atoms with E-state index in [1.54, 1.807) is 20.1 Å². The number of ether oxygens (including phenoxy) is 1. The van der Waals surface area contributed by atoms with Crippen LogP contribution in [0.5, 0.6) is 5.75 Å². The first-order chi connectivity index (χ1) is 9.02. The molecule has 1 N–H and O–H groups in total. The van der Waals surface area contributed by atoms with Gasteiger partial charge in [0.25, 0.3) is 0 Å². The summed E-state index contributed by atoms with van der Waals surface area (Å²) >= 11 is 0. The van der Waals surface area contributed by atoms with Crippen LogP contribution < -0.4 is 4.74 Å². The summed E-state index contributed by atoms with van der Waals surface area (Å²) in [4.78, 5) is 22.2. The van der Waals surface area contributed by atoms with Crippen molar-refractivity contribution < 1.29 is 19.4 Å². The average Bonchev–Trinajstić information content (AvgIpc) is 2.44. The number of methoxy groups -OCH3 is 1. The predicted molar refractivity (Wildman–Crippen MR) is 71.6 cm³/mol. The summed E-state index contributed by atoms with van der Waals surface area (Å²) in [6, 6.07) is 11.1. The molecule has 0 aliphatic rings. The number of carboxylic acid groups (broad SMARTS) is 1. The lowest BCUT2D eigenvalue weighted by Gasteiger charge is -2.10. The van der Waals surface area contributed by atoms with E-state index in [-0.39, 0.29) is 0 Å². The Morgan fingerprint density at radius 1 is 1.11 bits per heavy atom. The summed E-state index contributed by atoms with van der Waals surface area (Å²) in [5.74, 6) is -2.09. The Kier molecular flexibility index (Phi) is 3.51. The van der Waals surface area contributed by atoms with Gasteiger partial charge in [-0.1, -0.05) is 31.2 Å². The number of ketones is 1. The number of benzene rings is 2. The number of aliphatic carboxylic acids is 1. The van der Waals surface area contributed by atoms with E-state index >= 15 is 0 Å². The van der Waals surface area contributed by atoms with Crippen LogP contribution in [0.2, 0.25) is 0 Å². The molecule has 2 aromatic carbocycles. The molecule has 0 fully saturated rings. The summed E-state index contributed by atoms with van der Waals surface area (Å²) in [5.41, 5.74) is 0.699. The normalized spacial score (nSPS) is 12.1. The van der Waals surface area contributed by atoms with Gasteiger partial charge in [-0.05, 0) is 28.5 Å². The molecule has 0 aliphatic heterocycles. The number of carbonyl (C=O) groups is 2.